The first kappa shape index (κ1) is 11.9. The zero-order valence-corrected chi connectivity index (χ0v) is 9.29. The van der Waals surface area contributed by atoms with Gasteiger partial charge in [0.2, 0.25) is 0 Å². The fourth-order valence-electron chi connectivity index (χ4n) is 1.31. The summed E-state index contributed by atoms with van der Waals surface area (Å²) in [5.74, 6) is 0.410. The Morgan fingerprint density at radius 3 is 2.50 bits per heavy atom. The second kappa shape index (κ2) is 6.35. The zero-order chi connectivity index (χ0) is 10.4. The van der Waals surface area contributed by atoms with Crippen molar-refractivity contribution in [3.8, 4) is 0 Å². The van der Waals surface area contributed by atoms with Crippen molar-refractivity contribution in [3.63, 3.8) is 0 Å². The fraction of sp³-hybridized carbons (Fsp3) is 1.00. The molecule has 1 heterocycles. The molecule has 4 nitrogen and oxygen atoms in total. The highest BCUT2D eigenvalue weighted by Gasteiger charge is 2.24. The predicted molar refractivity (Wildman–Crippen MR) is 54.2 cm³/mol. The molecule has 0 bridgehead atoms. The van der Waals surface area contributed by atoms with Crippen molar-refractivity contribution in [2.75, 3.05) is 33.4 Å². The molecule has 84 valence electrons. The number of hydrogen-bond acceptors (Lipinski definition) is 4. The Morgan fingerprint density at radius 1 is 1.36 bits per heavy atom. The van der Waals surface area contributed by atoms with Gasteiger partial charge in [-0.1, -0.05) is 13.8 Å². The molecule has 1 saturated heterocycles. The highest BCUT2D eigenvalue weighted by Crippen LogP contribution is 2.15. The Labute approximate surface area is 85.9 Å². The first-order valence-corrected chi connectivity index (χ1v) is 5.23. The van der Waals surface area contributed by atoms with Gasteiger partial charge in [0.25, 0.3) is 0 Å². The molecular weight excluding hydrogens is 182 g/mol. The molecule has 0 spiro atoms. The molecule has 1 aliphatic heterocycles. The van der Waals surface area contributed by atoms with Crippen molar-refractivity contribution in [1.29, 1.82) is 0 Å². The summed E-state index contributed by atoms with van der Waals surface area (Å²) in [7, 11) is 1.91. The second-order valence-corrected chi connectivity index (χ2v) is 3.88. The summed E-state index contributed by atoms with van der Waals surface area (Å²) >= 11 is 0. The molecule has 14 heavy (non-hydrogen) atoms. The molecule has 4 heteroatoms. The molecule has 0 amide bonds. The second-order valence-electron chi connectivity index (χ2n) is 3.88. The Kier molecular flexibility index (Phi) is 5.40. The van der Waals surface area contributed by atoms with Gasteiger partial charge < -0.3 is 19.5 Å². The van der Waals surface area contributed by atoms with Gasteiger partial charge >= 0.3 is 0 Å². The lowest BCUT2D eigenvalue weighted by Gasteiger charge is -2.31. The molecule has 1 aliphatic rings. The number of likely N-dealkylation sites (N-methyl/N-ethyl adjacent to an activating group) is 1. The first-order chi connectivity index (χ1) is 6.74. The summed E-state index contributed by atoms with van der Waals surface area (Å²) in [4.78, 5) is 0. The van der Waals surface area contributed by atoms with E-state index in [-0.39, 0.29) is 12.4 Å². The molecule has 1 N–H and O–H groups in total. The SMILES string of the molecule is CNCCOC1COC(C(C)C)OC1. The van der Waals surface area contributed by atoms with Crippen LogP contribution < -0.4 is 5.32 Å². The first-order valence-electron chi connectivity index (χ1n) is 5.23. The Balaban J connectivity index is 2.09. The van der Waals surface area contributed by atoms with E-state index in [1.807, 2.05) is 7.05 Å². The maximum absolute atomic E-state index is 5.54. The molecule has 0 aromatic carbocycles. The van der Waals surface area contributed by atoms with Gasteiger partial charge in [-0.05, 0) is 7.05 Å². The van der Waals surface area contributed by atoms with Crippen LogP contribution in [0.4, 0.5) is 0 Å². The van der Waals surface area contributed by atoms with Crippen LogP contribution in [-0.4, -0.2) is 45.8 Å². The number of rotatable bonds is 5. The summed E-state index contributed by atoms with van der Waals surface area (Å²) in [6.07, 6.45) is 0.0394. The topological polar surface area (TPSA) is 39.7 Å². The van der Waals surface area contributed by atoms with E-state index in [0.29, 0.717) is 25.7 Å². The number of hydrogen-bond donors (Lipinski definition) is 1. The van der Waals surface area contributed by atoms with E-state index in [1.165, 1.54) is 0 Å². The van der Waals surface area contributed by atoms with Crippen LogP contribution in [-0.2, 0) is 14.2 Å². The minimum absolute atomic E-state index is 0.0563. The Bertz CT molecular complexity index is 144. The monoisotopic (exact) mass is 203 g/mol. The van der Waals surface area contributed by atoms with Crippen molar-refractivity contribution in [3.05, 3.63) is 0 Å². The van der Waals surface area contributed by atoms with Crippen LogP contribution in [0.5, 0.6) is 0 Å². The van der Waals surface area contributed by atoms with Gasteiger partial charge in [0.15, 0.2) is 6.29 Å². The van der Waals surface area contributed by atoms with Gasteiger partial charge in [0, 0.05) is 12.5 Å². The van der Waals surface area contributed by atoms with Gasteiger partial charge in [-0.25, -0.2) is 0 Å². The number of ether oxygens (including phenoxy) is 3. The van der Waals surface area contributed by atoms with Crippen LogP contribution in [0.1, 0.15) is 13.8 Å². The van der Waals surface area contributed by atoms with Crippen molar-refractivity contribution >= 4 is 0 Å². The van der Waals surface area contributed by atoms with E-state index in [9.17, 15) is 0 Å². The summed E-state index contributed by atoms with van der Waals surface area (Å²) in [5, 5.41) is 3.03. The van der Waals surface area contributed by atoms with E-state index in [0.717, 1.165) is 6.54 Å². The molecule has 1 rings (SSSR count). The summed E-state index contributed by atoms with van der Waals surface area (Å²) in [6, 6.07) is 0. The fourth-order valence-corrected chi connectivity index (χ4v) is 1.31. The third-order valence-electron chi connectivity index (χ3n) is 2.14. The highest BCUT2D eigenvalue weighted by atomic mass is 16.7. The maximum Gasteiger partial charge on any atom is 0.160 e. The molecule has 0 radical (unpaired) electrons. The number of nitrogens with one attached hydrogen (secondary N) is 1. The third-order valence-corrected chi connectivity index (χ3v) is 2.14. The third kappa shape index (κ3) is 3.92. The molecule has 0 saturated carbocycles. The normalized spacial score (nSPS) is 28.3. The van der Waals surface area contributed by atoms with E-state index >= 15 is 0 Å². The van der Waals surface area contributed by atoms with Crippen molar-refractivity contribution in [2.24, 2.45) is 5.92 Å². The molecule has 0 aromatic rings. The van der Waals surface area contributed by atoms with Crippen LogP contribution >= 0.6 is 0 Å². The van der Waals surface area contributed by atoms with Crippen LogP contribution in [0.2, 0.25) is 0 Å². The molecule has 0 aliphatic carbocycles. The average Bonchev–Trinajstić information content (AvgIpc) is 2.19. The van der Waals surface area contributed by atoms with Gasteiger partial charge in [-0.15, -0.1) is 0 Å². The summed E-state index contributed by atoms with van der Waals surface area (Å²) in [5.41, 5.74) is 0. The quantitative estimate of drug-likeness (QED) is 0.665. The predicted octanol–water partition coefficient (Wildman–Crippen LogP) is 0.620. The Hall–Kier alpha value is -0.160. The summed E-state index contributed by atoms with van der Waals surface area (Å²) in [6.45, 7) is 7.04. The van der Waals surface area contributed by atoms with Gasteiger partial charge in [-0.3, -0.25) is 0 Å². The lowest BCUT2D eigenvalue weighted by atomic mass is 10.2. The maximum atomic E-state index is 5.54. The minimum Gasteiger partial charge on any atom is -0.372 e. The molecule has 0 atom stereocenters. The standard InChI is InChI=1S/C10H21NO3/c1-8(2)10-13-6-9(7-14-10)12-5-4-11-3/h8-11H,4-7H2,1-3H3. The smallest absolute Gasteiger partial charge is 0.160 e. The van der Waals surface area contributed by atoms with Crippen molar-refractivity contribution in [2.45, 2.75) is 26.2 Å². The van der Waals surface area contributed by atoms with Gasteiger partial charge in [0.05, 0.1) is 19.8 Å². The molecule has 0 aromatic heterocycles. The average molecular weight is 203 g/mol. The van der Waals surface area contributed by atoms with Crippen LogP contribution in [0, 0.1) is 5.92 Å². The molecule has 1 fully saturated rings. The molecule has 0 unspecified atom stereocenters. The van der Waals surface area contributed by atoms with E-state index in [1.54, 1.807) is 0 Å². The van der Waals surface area contributed by atoms with Gasteiger partial charge in [-0.2, -0.15) is 0 Å². The largest absolute Gasteiger partial charge is 0.372 e. The highest BCUT2D eigenvalue weighted by molar-refractivity contribution is 4.64. The van der Waals surface area contributed by atoms with E-state index in [4.69, 9.17) is 14.2 Å². The zero-order valence-electron chi connectivity index (χ0n) is 9.29. The van der Waals surface area contributed by atoms with Crippen molar-refractivity contribution in [1.82, 2.24) is 5.32 Å². The van der Waals surface area contributed by atoms with Crippen LogP contribution in [0.25, 0.3) is 0 Å². The van der Waals surface area contributed by atoms with E-state index in [2.05, 4.69) is 19.2 Å². The van der Waals surface area contributed by atoms with Gasteiger partial charge in [0.1, 0.15) is 6.10 Å². The van der Waals surface area contributed by atoms with Crippen molar-refractivity contribution < 1.29 is 14.2 Å². The lowest BCUT2D eigenvalue weighted by Crippen LogP contribution is -2.40. The van der Waals surface area contributed by atoms with E-state index < -0.39 is 0 Å². The summed E-state index contributed by atoms with van der Waals surface area (Å²) < 4.78 is 16.6. The lowest BCUT2D eigenvalue weighted by molar-refractivity contribution is -0.241. The van der Waals surface area contributed by atoms with Crippen LogP contribution in [0.15, 0.2) is 0 Å². The minimum atomic E-state index is -0.0563. The Morgan fingerprint density at radius 2 is 2.00 bits per heavy atom. The molecular formula is C10H21NO3. The van der Waals surface area contributed by atoms with Crippen LogP contribution in [0.3, 0.4) is 0 Å².